The maximum Gasteiger partial charge on any atom is 0.242 e. The molecule has 0 bridgehead atoms. The number of amides is 2. The molecule has 0 saturated heterocycles. The van der Waals surface area contributed by atoms with E-state index in [9.17, 15) is 18.0 Å². The second-order valence-corrected chi connectivity index (χ2v) is 10.1. The summed E-state index contributed by atoms with van der Waals surface area (Å²) in [4.78, 5) is 27.4. The molecule has 0 saturated carbocycles. The molecule has 2 amide bonds. The van der Waals surface area contributed by atoms with Gasteiger partial charge in [0.05, 0.1) is 19.1 Å². The Morgan fingerprint density at radius 3 is 2.35 bits per heavy atom. The molecule has 0 aromatic heterocycles. The second kappa shape index (κ2) is 12.4. The van der Waals surface area contributed by atoms with E-state index in [0.29, 0.717) is 24.3 Å². The van der Waals surface area contributed by atoms with Crippen LogP contribution in [0.1, 0.15) is 37.3 Å². The molecule has 2 rings (SSSR count). The van der Waals surface area contributed by atoms with Crippen molar-refractivity contribution < 1.29 is 22.7 Å². The molecule has 186 valence electrons. The third kappa shape index (κ3) is 7.48. The van der Waals surface area contributed by atoms with Gasteiger partial charge in [-0.25, -0.2) is 8.42 Å². The summed E-state index contributed by atoms with van der Waals surface area (Å²) in [6.07, 6.45) is 2.03. The number of nitrogens with zero attached hydrogens (tertiary/aromatic N) is 2. The third-order valence-electron chi connectivity index (χ3n) is 5.59. The summed E-state index contributed by atoms with van der Waals surface area (Å²) in [6.45, 7) is 4.20. The number of carbonyl (C=O) groups excluding carboxylic acids is 2. The summed E-state index contributed by atoms with van der Waals surface area (Å²) in [5, 5.41) is 2.63. The zero-order chi connectivity index (χ0) is 25.3. The van der Waals surface area contributed by atoms with Gasteiger partial charge >= 0.3 is 0 Å². The van der Waals surface area contributed by atoms with Crippen molar-refractivity contribution in [2.45, 2.75) is 45.7 Å². The molecule has 0 aliphatic carbocycles. The summed E-state index contributed by atoms with van der Waals surface area (Å²) in [7, 11) is -0.394. The van der Waals surface area contributed by atoms with Gasteiger partial charge in [0, 0.05) is 26.6 Å². The number of carbonyl (C=O) groups is 2. The summed E-state index contributed by atoms with van der Waals surface area (Å²) >= 11 is 0. The van der Waals surface area contributed by atoms with Gasteiger partial charge in [-0.3, -0.25) is 13.9 Å². The molecule has 0 unspecified atom stereocenters. The number of nitrogens with one attached hydrogen (secondary N) is 1. The Morgan fingerprint density at radius 1 is 1.12 bits per heavy atom. The largest absolute Gasteiger partial charge is 0.497 e. The van der Waals surface area contributed by atoms with Crippen LogP contribution in [0.5, 0.6) is 5.75 Å². The average Bonchev–Trinajstić information content (AvgIpc) is 2.81. The van der Waals surface area contributed by atoms with Gasteiger partial charge in [-0.1, -0.05) is 36.8 Å². The van der Waals surface area contributed by atoms with Gasteiger partial charge in [0.25, 0.3) is 0 Å². The molecule has 0 heterocycles. The molecule has 1 atom stereocenters. The summed E-state index contributed by atoms with van der Waals surface area (Å²) in [5.41, 5.74) is 2.43. The van der Waals surface area contributed by atoms with Gasteiger partial charge in [-0.15, -0.1) is 0 Å². The molecule has 0 spiro atoms. The summed E-state index contributed by atoms with van der Waals surface area (Å²) in [5.74, 6) is 0.214. The van der Waals surface area contributed by atoms with Crippen molar-refractivity contribution in [1.82, 2.24) is 10.2 Å². The number of benzene rings is 2. The fraction of sp³-hybridized carbons (Fsp3) is 0.440. The average molecular weight is 490 g/mol. The lowest BCUT2D eigenvalue weighted by atomic mass is 10.1. The molecule has 1 N–H and O–H groups in total. The van der Waals surface area contributed by atoms with Crippen LogP contribution in [0.15, 0.2) is 48.5 Å². The number of sulfonamides is 1. The zero-order valence-electron chi connectivity index (χ0n) is 20.6. The van der Waals surface area contributed by atoms with E-state index in [0.717, 1.165) is 17.4 Å². The smallest absolute Gasteiger partial charge is 0.242 e. The number of aryl methyl sites for hydroxylation is 1. The van der Waals surface area contributed by atoms with Crippen LogP contribution in [0.2, 0.25) is 0 Å². The van der Waals surface area contributed by atoms with Crippen LogP contribution in [-0.2, 0) is 26.2 Å². The Labute approximate surface area is 202 Å². The number of rotatable bonds is 12. The van der Waals surface area contributed by atoms with Crippen LogP contribution in [-0.4, -0.2) is 58.1 Å². The number of anilines is 1. The highest BCUT2D eigenvalue weighted by atomic mass is 32.2. The Kier molecular flexibility index (Phi) is 9.92. The van der Waals surface area contributed by atoms with Crippen molar-refractivity contribution in [1.29, 1.82) is 0 Å². The van der Waals surface area contributed by atoms with E-state index in [-0.39, 0.29) is 31.3 Å². The lowest BCUT2D eigenvalue weighted by Gasteiger charge is -2.31. The molecular weight excluding hydrogens is 454 g/mol. The molecule has 0 fully saturated rings. The molecule has 2 aromatic carbocycles. The van der Waals surface area contributed by atoms with E-state index >= 15 is 0 Å². The molecule has 9 heteroatoms. The molecule has 2 aromatic rings. The van der Waals surface area contributed by atoms with Crippen LogP contribution in [0, 0.1) is 6.92 Å². The predicted molar refractivity (Wildman–Crippen MR) is 134 cm³/mol. The minimum Gasteiger partial charge on any atom is -0.497 e. The quantitative estimate of drug-likeness (QED) is 0.494. The van der Waals surface area contributed by atoms with Crippen molar-refractivity contribution in [3.8, 4) is 5.75 Å². The van der Waals surface area contributed by atoms with Gasteiger partial charge in [0.2, 0.25) is 21.8 Å². The van der Waals surface area contributed by atoms with Crippen LogP contribution in [0.4, 0.5) is 5.69 Å². The molecule has 0 aliphatic rings. The minimum atomic E-state index is -3.51. The fourth-order valence-corrected chi connectivity index (χ4v) is 4.73. The Hall–Kier alpha value is -3.07. The second-order valence-electron chi connectivity index (χ2n) is 8.19. The lowest BCUT2D eigenvalue weighted by molar-refractivity contribution is -0.141. The highest BCUT2D eigenvalue weighted by Gasteiger charge is 2.28. The van der Waals surface area contributed by atoms with Crippen LogP contribution >= 0.6 is 0 Å². The van der Waals surface area contributed by atoms with Crippen LogP contribution in [0.3, 0.4) is 0 Å². The Morgan fingerprint density at radius 2 is 1.79 bits per heavy atom. The highest BCUT2D eigenvalue weighted by molar-refractivity contribution is 7.92. The number of hydrogen-bond acceptors (Lipinski definition) is 5. The Balaban J connectivity index is 2.19. The number of hydrogen-bond donors (Lipinski definition) is 1. The number of methoxy groups -OCH3 is 1. The molecule has 8 nitrogen and oxygen atoms in total. The van der Waals surface area contributed by atoms with Gasteiger partial charge in [0.15, 0.2) is 0 Å². The third-order valence-corrected chi connectivity index (χ3v) is 6.79. The van der Waals surface area contributed by atoms with Crippen molar-refractivity contribution >= 4 is 27.5 Å². The van der Waals surface area contributed by atoms with E-state index in [1.165, 1.54) is 4.31 Å². The van der Waals surface area contributed by atoms with Crippen molar-refractivity contribution in [3.05, 3.63) is 59.7 Å². The first kappa shape index (κ1) is 27.2. The molecular formula is C25H35N3O5S. The van der Waals surface area contributed by atoms with Crippen LogP contribution < -0.4 is 14.4 Å². The predicted octanol–water partition coefficient (Wildman–Crippen LogP) is 3.10. The minimum absolute atomic E-state index is 0.106. The summed E-state index contributed by atoms with van der Waals surface area (Å²) < 4.78 is 31.3. The monoisotopic (exact) mass is 489 g/mol. The topological polar surface area (TPSA) is 96.0 Å². The van der Waals surface area contributed by atoms with Crippen molar-refractivity contribution in [3.63, 3.8) is 0 Å². The lowest BCUT2D eigenvalue weighted by Crippen LogP contribution is -2.48. The maximum atomic E-state index is 13.3. The number of ether oxygens (including phenoxy) is 1. The first-order valence-corrected chi connectivity index (χ1v) is 13.1. The van der Waals surface area contributed by atoms with E-state index < -0.39 is 16.1 Å². The first-order chi connectivity index (χ1) is 16.1. The van der Waals surface area contributed by atoms with Gasteiger partial charge in [-0.05, 0) is 49.6 Å². The van der Waals surface area contributed by atoms with Gasteiger partial charge in [-0.2, -0.15) is 0 Å². The van der Waals surface area contributed by atoms with Gasteiger partial charge < -0.3 is 15.0 Å². The molecule has 0 radical (unpaired) electrons. The zero-order valence-corrected chi connectivity index (χ0v) is 21.4. The first-order valence-electron chi connectivity index (χ1n) is 11.3. The van der Waals surface area contributed by atoms with Crippen LogP contribution in [0.25, 0.3) is 0 Å². The van der Waals surface area contributed by atoms with Gasteiger partial charge in [0.1, 0.15) is 11.8 Å². The highest BCUT2D eigenvalue weighted by Crippen LogP contribution is 2.21. The van der Waals surface area contributed by atoms with Crippen molar-refractivity contribution in [2.24, 2.45) is 0 Å². The fourth-order valence-electron chi connectivity index (χ4n) is 3.77. The summed E-state index contributed by atoms with van der Waals surface area (Å²) in [6, 6.07) is 13.9. The van der Waals surface area contributed by atoms with E-state index in [2.05, 4.69) is 5.32 Å². The van der Waals surface area contributed by atoms with Crippen molar-refractivity contribution in [2.75, 3.05) is 31.3 Å². The maximum absolute atomic E-state index is 13.3. The molecule has 0 aliphatic heterocycles. The van der Waals surface area contributed by atoms with E-state index in [1.807, 2.05) is 50.2 Å². The Bertz CT molecular complexity index is 1070. The standard InChI is InChI=1S/C25H35N3O5S/c1-6-23(25(30)26-3)27(18-20-9-7-10-22(17-20)33-4)24(29)11-8-16-28(34(5,31)32)21-14-12-19(2)13-15-21/h7,9-10,12-15,17,23H,6,8,11,16,18H2,1-5H3,(H,26,30)/t23-/m1/s1. The number of likely N-dealkylation sites (N-methyl/N-ethyl adjacent to an activating group) is 1. The normalized spacial score (nSPS) is 12.0. The van der Waals surface area contributed by atoms with E-state index in [1.54, 1.807) is 31.2 Å². The molecule has 34 heavy (non-hydrogen) atoms. The SMILES string of the molecule is CC[C@H](C(=O)NC)N(Cc1cccc(OC)c1)C(=O)CCCN(c1ccc(C)cc1)S(C)(=O)=O. The van der Waals surface area contributed by atoms with E-state index in [4.69, 9.17) is 4.74 Å².